The minimum atomic E-state index is -0.259. The van der Waals surface area contributed by atoms with Crippen molar-refractivity contribution in [3.63, 3.8) is 0 Å². The van der Waals surface area contributed by atoms with Gasteiger partial charge in [0.2, 0.25) is 0 Å². The maximum absolute atomic E-state index is 13.4. The molecule has 7 nitrogen and oxygen atoms in total. The first-order valence-corrected chi connectivity index (χ1v) is 11.0. The van der Waals surface area contributed by atoms with Crippen LogP contribution < -0.4 is 9.47 Å². The second-order valence-corrected chi connectivity index (χ2v) is 8.30. The fraction of sp³-hybridized carbons (Fsp3) is 0.440. The van der Waals surface area contributed by atoms with Gasteiger partial charge in [0, 0.05) is 25.1 Å². The summed E-state index contributed by atoms with van der Waals surface area (Å²) in [6.45, 7) is 7.31. The van der Waals surface area contributed by atoms with Crippen LogP contribution in [0.5, 0.6) is 11.5 Å². The molecule has 1 atom stereocenters. The van der Waals surface area contributed by atoms with Gasteiger partial charge in [0.25, 0.3) is 5.91 Å². The van der Waals surface area contributed by atoms with E-state index in [0.29, 0.717) is 26.2 Å². The number of aryl methyl sites for hydroxylation is 2. The molecule has 170 valence electrons. The van der Waals surface area contributed by atoms with E-state index in [2.05, 4.69) is 36.9 Å². The molecular weight excluding hydrogens is 406 g/mol. The summed E-state index contributed by atoms with van der Waals surface area (Å²) < 4.78 is 16.5. The van der Waals surface area contributed by atoms with Crippen molar-refractivity contribution in [3.8, 4) is 11.5 Å². The van der Waals surface area contributed by atoms with Crippen LogP contribution in [-0.4, -0.2) is 68.6 Å². The van der Waals surface area contributed by atoms with Crippen LogP contribution in [0.25, 0.3) is 0 Å². The average molecular weight is 438 g/mol. The molecule has 0 bridgehead atoms. The number of carbonyl (C=O) groups excluding carboxylic acids is 1. The number of ether oxygens (including phenoxy) is 3. The van der Waals surface area contributed by atoms with E-state index in [1.54, 1.807) is 19.2 Å². The summed E-state index contributed by atoms with van der Waals surface area (Å²) in [7, 11) is 3.28. The predicted octanol–water partition coefficient (Wildman–Crippen LogP) is 3.33. The highest BCUT2D eigenvalue weighted by molar-refractivity contribution is 6.03. The number of methoxy groups -OCH3 is 2. The van der Waals surface area contributed by atoms with Crippen molar-refractivity contribution in [3.05, 3.63) is 58.7 Å². The molecule has 1 fully saturated rings. The fourth-order valence-corrected chi connectivity index (χ4v) is 4.20. The average Bonchev–Trinajstić information content (AvgIpc) is 3.26. The molecule has 0 unspecified atom stereocenters. The third kappa shape index (κ3) is 4.64. The first kappa shape index (κ1) is 22.3. The Morgan fingerprint density at radius 1 is 1.06 bits per heavy atom. The molecule has 0 radical (unpaired) electrons. The second-order valence-electron chi connectivity index (χ2n) is 8.30. The molecule has 32 heavy (non-hydrogen) atoms. The minimum absolute atomic E-state index is 0.0272. The van der Waals surface area contributed by atoms with Crippen LogP contribution in [0.1, 0.15) is 34.7 Å². The predicted molar refractivity (Wildman–Crippen MR) is 123 cm³/mol. The Balaban J connectivity index is 1.69. The van der Waals surface area contributed by atoms with Gasteiger partial charge in [-0.05, 0) is 54.8 Å². The number of amides is 1. The topological polar surface area (TPSA) is 63.6 Å². The van der Waals surface area contributed by atoms with Crippen molar-refractivity contribution < 1.29 is 19.0 Å². The first-order chi connectivity index (χ1) is 15.5. The molecule has 0 spiro atoms. The van der Waals surface area contributed by atoms with Gasteiger partial charge in [-0.3, -0.25) is 9.69 Å². The Morgan fingerprint density at radius 3 is 2.53 bits per heavy atom. The zero-order valence-corrected chi connectivity index (χ0v) is 19.3. The van der Waals surface area contributed by atoms with Crippen molar-refractivity contribution in [1.29, 1.82) is 0 Å². The van der Waals surface area contributed by atoms with Crippen LogP contribution in [0.2, 0.25) is 0 Å². The number of morpholine rings is 1. The number of hydrogen-bond donors (Lipinski definition) is 0. The molecule has 7 heteroatoms. The highest BCUT2D eigenvalue weighted by atomic mass is 16.5. The lowest BCUT2D eigenvalue weighted by Crippen LogP contribution is -2.43. The van der Waals surface area contributed by atoms with Crippen molar-refractivity contribution in [1.82, 2.24) is 9.91 Å². The van der Waals surface area contributed by atoms with E-state index in [1.165, 1.54) is 11.1 Å². The molecule has 4 rings (SSSR count). The maximum Gasteiger partial charge on any atom is 0.257 e. The van der Waals surface area contributed by atoms with E-state index in [1.807, 2.05) is 18.2 Å². The lowest BCUT2D eigenvalue weighted by Gasteiger charge is -2.29. The van der Waals surface area contributed by atoms with E-state index in [-0.39, 0.29) is 11.9 Å². The third-order valence-corrected chi connectivity index (χ3v) is 6.26. The van der Waals surface area contributed by atoms with Gasteiger partial charge in [0.05, 0.1) is 45.7 Å². The highest BCUT2D eigenvalue weighted by Crippen LogP contribution is 2.39. The van der Waals surface area contributed by atoms with Gasteiger partial charge in [-0.25, -0.2) is 5.01 Å². The van der Waals surface area contributed by atoms with Crippen LogP contribution in [0.15, 0.2) is 41.5 Å². The monoisotopic (exact) mass is 437 g/mol. The largest absolute Gasteiger partial charge is 0.497 e. The Hall–Kier alpha value is -2.90. The van der Waals surface area contributed by atoms with Crippen LogP contribution in [0.4, 0.5) is 0 Å². The smallest absolute Gasteiger partial charge is 0.257 e. The van der Waals surface area contributed by atoms with Gasteiger partial charge < -0.3 is 14.2 Å². The molecule has 2 aromatic rings. The van der Waals surface area contributed by atoms with Crippen LogP contribution >= 0.6 is 0 Å². The van der Waals surface area contributed by atoms with E-state index in [0.717, 1.165) is 41.4 Å². The summed E-state index contributed by atoms with van der Waals surface area (Å²) >= 11 is 0. The second kappa shape index (κ2) is 9.71. The van der Waals surface area contributed by atoms with Gasteiger partial charge in [-0.15, -0.1) is 0 Å². The number of hydrazone groups is 1. The molecule has 1 saturated heterocycles. The van der Waals surface area contributed by atoms with Gasteiger partial charge in [-0.2, -0.15) is 5.10 Å². The van der Waals surface area contributed by atoms with Gasteiger partial charge in [-0.1, -0.05) is 12.1 Å². The Morgan fingerprint density at radius 2 is 1.84 bits per heavy atom. The highest BCUT2D eigenvalue weighted by Gasteiger charge is 2.36. The van der Waals surface area contributed by atoms with E-state index >= 15 is 0 Å². The zero-order chi connectivity index (χ0) is 22.7. The Bertz CT molecular complexity index is 1010. The molecule has 2 aliphatic rings. The van der Waals surface area contributed by atoms with E-state index < -0.39 is 0 Å². The zero-order valence-electron chi connectivity index (χ0n) is 19.3. The summed E-state index contributed by atoms with van der Waals surface area (Å²) in [6, 6.07) is 11.8. The van der Waals surface area contributed by atoms with Crippen LogP contribution in [0, 0.1) is 13.8 Å². The summed E-state index contributed by atoms with van der Waals surface area (Å²) in [5.41, 5.74) is 5.28. The number of hydrogen-bond acceptors (Lipinski definition) is 6. The third-order valence-electron chi connectivity index (χ3n) is 6.26. The minimum Gasteiger partial charge on any atom is -0.497 e. The standard InChI is InChI=1S/C25H31N3O4/c1-17-5-6-19(13-18(17)2)22-15-23(21-14-20(30-3)7-8-24(21)31-4)28(26-22)25(29)16-27-9-11-32-12-10-27/h5-8,13-14,23H,9-12,15-16H2,1-4H3/t23-/m1/s1. The van der Waals surface area contributed by atoms with E-state index in [9.17, 15) is 4.79 Å². The molecule has 0 saturated carbocycles. The number of carbonyl (C=O) groups is 1. The summed E-state index contributed by atoms with van der Waals surface area (Å²) in [6.07, 6.45) is 0.612. The molecule has 2 aromatic carbocycles. The summed E-state index contributed by atoms with van der Waals surface area (Å²) in [4.78, 5) is 15.5. The molecule has 1 amide bonds. The van der Waals surface area contributed by atoms with Gasteiger partial charge >= 0.3 is 0 Å². The maximum atomic E-state index is 13.4. The molecule has 0 aromatic heterocycles. The van der Waals surface area contributed by atoms with Crippen LogP contribution in [-0.2, 0) is 9.53 Å². The number of rotatable bonds is 6. The van der Waals surface area contributed by atoms with Crippen molar-refractivity contribution in [2.24, 2.45) is 5.10 Å². The molecule has 0 N–H and O–H groups in total. The molecule has 0 aliphatic carbocycles. The Labute approximate surface area is 189 Å². The van der Waals surface area contributed by atoms with Crippen molar-refractivity contribution in [2.45, 2.75) is 26.3 Å². The van der Waals surface area contributed by atoms with Crippen molar-refractivity contribution in [2.75, 3.05) is 47.1 Å². The van der Waals surface area contributed by atoms with E-state index in [4.69, 9.17) is 19.3 Å². The molecule has 2 aliphatic heterocycles. The fourth-order valence-electron chi connectivity index (χ4n) is 4.20. The number of nitrogens with zero attached hydrogens (tertiary/aromatic N) is 3. The summed E-state index contributed by atoms with van der Waals surface area (Å²) in [5, 5.41) is 6.47. The van der Waals surface area contributed by atoms with Crippen molar-refractivity contribution >= 4 is 11.6 Å². The van der Waals surface area contributed by atoms with Crippen LogP contribution in [0.3, 0.4) is 0 Å². The quantitative estimate of drug-likeness (QED) is 0.694. The lowest BCUT2D eigenvalue weighted by molar-refractivity contribution is -0.135. The lowest BCUT2D eigenvalue weighted by atomic mass is 9.95. The Kier molecular flexibility index (Phi) is 6.77. The number of benzene rings is 2. The first-order valence-electron chi connectivity index (χ1n) is 11.0. The normalized spacial score (nSPS) is 19.1. The molecule has 2 heterocycles. The van der Waals surface area contributed by atoms with Gasteiger partial charge in [0.1, 0.15) is 11.5 Å². The summed E-state index contributed by atoms with van der Waals surface area (Å²) in [5.74, 6) is 1.41. The SMILES string of the molecule is COc1ccc(OC)c([C@H]2CC(c3ccc(C)c(C)c3)=NN2C(=O)CN2CCOCC2)c1. The van der Waals surface area contributed by atoms with Gasteiger partial charge in [0.15, 0.2) is 0 Å². The molecular formula is C25H31N3O4.